The van der Waals surface area contributed by atoms with Crippen molar-refractivity contribution in [1.29, 1.82) is 0 Å². The molecule has 3 N–H and O–H groups in total. The zero-order valence-corrected chi connectivity index (χ0v) is 22.7. The molecule has 0 unspecified atom stereocenters. The van der Waals surface area contributed by atoms with Gasteiger partial charge in [-0.15, -0.1) is 0 Å². The first-order valence-electron chi connectivity index (χ1n) is 12.0. The van der Waals surface area contributed by atoms with Crippen molar-refractivity contribution in [3.8, 4) is 0 Å². The Kier molecular flexibility index (Phi) is 10.6. The van der Waals surface area contributed by atoms with Gasteiger partial charge in [0.1, 0.15) is 11.6 Å². The standard InChI is InChI=1S/C26H33F2IN4O3/c1-3-33-17(2)14-32(16-26(33)36)15-25(35)31-23(10-19-7-20(27)11-21(28)8-19)24(34)13-30-12-18-5-4-6-22(29)9-18/h4-9,11,17,23-24,30,34H,3,10,12-16H2,1-2H3,(H,31,35)/t17-,23+,24+/m1/s1. The van der Waals surface area contributed by atoms with E-state index in [0.717, 1.165) is 15.2 Å². The van der Waals surface area contributed by atoms with Crippen LogP contribution >= 0.6 is 22.6 Å². The molecule has 0 radical (unpaired) electrons. The van der Waals surface area contributed by atoms with Crippen molar-refractivity contribution in [2.75, 3.05) is 32.7 Å². The number of halogens is 3. The third-order valence-electron chi connectivity index (χ3n) is 6.20. The van der Waals surface area contributed by atoms with Gasteiger partial charge in [0.25, 0.3) is 0 Å². The monoisotopic (exact) mass is 614 g/mol. The molecule has 0 aromatic heterocycles. The molecule has 196 valence electrons. The maximum atomic E-state index is 13.8. The van der Waals surface area contributed by atoms with Gasteiger partial charge >= 0.3 is 0 Å². The fourth-order valence-electron chi connectivity index (χ4n) is 4.55. The summed E-state index contributed by atoms with van der Waals surface area (Å²) in [5.41, 5.74) is 1.38. The van der Waals surface area contributed by atoms with Crippen molar-refractivity contribution in [1.82, 2.24) is 20.4 Å². The van der Waals surface area contributed by atoms with Crippen LogP contribution in [0, 0.1) is 15.2 Å². The zero-order chi connectivity index (χ0) is 26.2. The largest absolute Gasteiger partial charge is 0.390 e. The van der Waals surface area contributed by atoms with Gasteiger partial charge < -0.3 is 20.6 Å². The first-order valence-corrected chi connectivity index (χ1v) is 13.1. The molecule has 1 fully saturated rings. The van der Waals surface area contributed by atoms with Crippen LogP contribution in [-0.2, 0) is 22.6 Å². The Morgan fingerprint density at radius 2 is 1.92 bits per heavy atom. The molecule has 1 aliphatic rings. The molecule has 0 saturated carbocycles. The maximum absolute atomic E-state index is 13.8. The van der Waals surface area contributed by atoms with Gasteiger partial charge in [0.05, 0.1) is 25.2 Å². The van der Waals surface area contributed by atoms with Crippen LogP contribution < -0.4 is 10.6 Å². The van der Waals surface area contributed by atoms with Gasteiger partial charge in [0.15, 0.2) is 0 Å². The van der Waals surface area contributed by atoms with Crippen LogP contribution in [0.5, 0.6) is 0 Å². The van der Waals surface area contributed by atoms with E-state index < -0.39 is 23.8 Å². The molecule has 0 bridgehead atoms. The molecule has 0 aliphatic carbocycles. The lowest BCUT2D eigenvalue weighted by atomic mass is 10.0. The number of amides is 2. The Balaban J connectivity index is 1.64. The maximum Gasteiger partial charge on any atom is 0.237 e. The molecule has 2 aromatic rings. The number of aliphatic hydroxyl groups is 1. The van der Waals surface area contributed by atoms with Gasteiger partial charge in [-0.25, -0.2) is 8.78 Å². The van der Waals surface area contributed by atoms with Gasteiger partial charge in [-0.1, -0.05) is 12.1 Å². The summed E-state index contributed by atoms with van der Waals surface area (Å²) in [6.07, 6.45) is -0.966. The Morgan fingerprint density at radius 3 is 2.56 bits per heavy atom. The van der Waals surface area contributed by atoms with E-state index in [2.05, 4.69) is 33.2 Å². The lowest BCUT2D eigenvalue weighted by Gasteiger charge is -2.38. The van der Waals surface area contributed by atoms with Crippen LogP contribution in [0.3, 0.4) is 0 Å². The van der Waals surface area contributed by atoms with Crippen molar-refractivity contribution in [3.63, 3.8) is 0 Å². The summed E-state index contributed by atoms with van der Waals surface area (Å²) < 4.78 is 28.6. The van der Waals surface area contributed by atoms with Crippen LogP contribution in [0.2, 0.25) is 0 Å². The highest BCUT2D eigenvalue weighted by molar-refractivity contribution is 14.1. The number of aliphatic hydroxyl groups excluding tert-OH is 1. The number of carbonyl (C=O) groups excluding carboxylic acids is 2. The summed E-state index contributed by atoms with van der Waals surface area (Å²) in [6.45, 7) is 5.86. The fraction of sp³-hybridized carbons (Fsp3) is 0.462. The number of rotatable bonds is 11. The highest BCUT2D eigenvalue weighted by Crippen LogP contribution is 2.14. The number of hydrogen-bond acceptors (Lipinski definition) is 5. The number of benzene rings is 2. The number of piperazine rings is 1. The average Bonchev–Trinajstić information content (AvgIpc) is 2.77. The Morgan fingerprint density at radius 1 is 1.19 bits per heavy atom. The number of nitrogens with zero attached hydrogens (tertiary/aromatic N) is 2. The second-order valence-electron chi connectivity index (χ2n) is 9.18. The van der Waals surface area contributed by atoms with E-state index in [1.165, 1.54) is 12.1 Å². The molecule has 10 heteroatoms. The van der Waals surface area contributed by atoms with Crippen molar-refractivity contribution < 1.29 is 23.5 Å². The smallest absolute Gasteiger partial charge is 0.237 e. The Bertz CT molecular complexity index is 1040. The molecular formula is C26H33F2IN4O3. The van der Waals surface area contributed by atoms with Crippen LogP contribution in [0.4, 0.5) is 8.78 Å². The average molecular weight is 614 g/mol. The van der Waals surface area contributed by atoms with Crippen molar-refractivity contribution in [2.45, 2.75) is 45.0 Å². The first-order chi connectivity index (χ1) is 17.1. The summed E-state index contributed by atoms with van der Waals surface area (Å²) in [5, 5.41) is 16.9. The van der Waals surface area contributed by atoms with E-state index in [9.17, 15) is 23.5 Å². The van der Waals surface area contributed by atoms with Crippen LogP contribution in [0.1, 0.15) is 25.0 Å². The summed E-state index contributed by atoms with van der Waals surface area (Å²) in [7, 11) is 0. The highest BCUT2D eigenvalue weighted by Gasteiger charge is 2.30. The van der Waals surface area contributed by atoms with Gasteiger partial charge in [-0.05, 0) is 78.3 Å². The fourth-order valence-corrected chi connectivity index (χ4v) is 5.16. The summed E-state index contributed by atoms with van der Waals surface area (Å²) in [5.74, 6) is -1.83. The molecule has 2 amide bonds. The minimum atomic E-state index is -1.01. The van der Waals surface area contributed by atoms with E-state index in [0.29, 0.717) is 25.2 Å². The molecule has 0 spiro atoms. The number of likely N-dealkylation sites (N-methyl/N-ethyl adjacent to an activating group) is 1. The molecule has 36 heavy (non-hydrogen) atoms. The van der Waals surface area contributed by atoms with Crippen LogP contribution in [0.25, 0.3) is 0 Å². The highest BCUT2D eigenvalue weighted by atomic mass is 127. The van der Waals surface area contributed by atoms with E-state index in [-0.39, 0.29) is 43.9 Å². The molecule has 1 aliphatic heterocycles. The third kappa shape index (κ3) is 8.46. The molecule has 2 aromatic carbocycles. The Labute approximate surface area is 224 Å². The molecule has 3 atom stereocenters. The second-order valence-corrected chi connectivity index (χ2v) is 10.4. The number of carbonyl (C=O) groups is 2. The number of hydrogen-bond donors (Lipinski definition) is 3. The van der Waals surface area contributed by atoms with Gasteiger partial charge in [-0.2, -0.15) is 0 Å². The Hall–Kier alpha value is -2.15. The quantitative estimate of drug-likeness (QED) is 0.339. The van der Waals surface area contributed by atoms with E-state index in [1.54, 1.807) is 9.80 Å². The van der Waals surface area contributed by atoms with Gasteiger partial charge in [0, 0.05) is 41.9 Å². The lowest BCUT2D eigenvalue weighted by Crippen LogP contribution is -2.58. The zero-order valence-electron chi connectivity index (χ0n) is 20.5. The summed E-state index contributed by atoms with van der Waals surface area (Å²) >= 11 is 2.23. The van der Waals surface area contributed by atoms with Crippen molar-refractivity contribution >= 4 is 34.4 Å². The predicted molar refractivity (Wildman–Crippen MR) is 142 cm³/mol. The van der Waals surface area contributed by atoms with E-state index >= 15 is 0 Å². The van der Waals surface area contributed by atoms with Gasteiger partial charge in [-0.3, -0.25) is 14.5 Å². The number of nitrogens with one attached hydrogen (secondary N) is 2. The predicted octanol–water partition coefficient (Wildman–Crippen LogP) is 2.30. The van der Waals surface area contributed by atoms with Crippen LogP contribution in [-0.4, -0.2) is 77.6 Å². The first kappa shape index (κ1) is 28.4. The SMILES string of the molecule is CCN1C(=O)CN(CC(=O)N[C@@H](Cc2cc(F)cc(F)c2)[C@@H](O)CNCc2cccc(I)c2)C[C@H]1C. The summed E-state index contributed by atoms with van der Waals surface area (Å²) in [6, 6.07) is 10.3. The second kappa shape index (κ2) is 13.4. The molecule has 1 heterocycles. The van der Waals surface area contributed by atoms with Crippen molar-refractivity contribution in [2.24, 2.45) is 0 Å². The van der Waals surface area contributed by atoms with Gasteiger partial charge in [0.2, 0.25) is 11.8 Å². The third-order valence-corrected chi connectivity index (χ3v) is 6.87. The minimum absolute atomic E-state index is 0.00838. The lowest BCUT2D eigenvalue weighted by molar-refractivity contribution is -0.140. The molecule has 7 nitrogen and oxygen atoms in total. The normalized spacial score (nSPS) is 18.2. The minimum Gasteiger partial charge on any atom is -0.390 e. The van der Waals surface area contributed by atoms with E-state index in [4.69, 9.17) is 0 Å². The summed E-state index contributed by atoms with van der Waals surface area (Å²) in [4.78, 5) is 28.8. The molecule has 1 saturated heterocycles. The van der Waals surface area contributed by atoms with Crippen LogP contribution in [0.15, 0.2) is 42.5 Å². The van der Waals surface area contributed by atoms with E-state index in [1.807, 2.05) is 38.1 Å². The molecular weight excluding hydrogens is 581 g/mol. The van der Waals surface area contributed by atoms with Crippen molar-refractivity contribution in [3.05, 3.63) is 68.8 Å². The molecule has 3 rings (SSSR count). The topological polar surface area (TPSA) is 84.9 Å².